The fraction of sp³-hybridized carbons (Fsp3) is 0.636. The third-order valence-corrected chi connectivity index (χ3v) is 3.21. The molecule has 5 nitrogen and oxygen atoms in total. The predicted molar refractivity (Wildman–Crippen MR) is 63.5 cm³/mol. The van der Waals surface area contributed by atoms with Crippen molar-refractivity contribution in [3.8, 4) is 0 Å². The molecular formula is C11H16O5S. The molecule has 0 saturated heterocycles. The van der Waals surface area contributed by atoms with Crippen LogP contribution in [0.4, 0.5) is 0 Å². The van der Waals surface area contributed by atoms with Gasteiger partial charge in [0.05, 0.1) is 11.5 Å². The van der Waals surface area contributed by atoms with Crippen molar-refractivity contribution in [2.24, 2.45) is 0 Å². The number of rotatable bonds is 4. The van der Waals surface area contributed by atoms with Gasteiger partial charge >= 0.3 is 11.9 Å². The average Bonchev–Trinajstić information content (AvgIpc) is 2.26. The Hall–Kier alpha value is -1.17. The molecule has 0 aromatic heterocycles. The van der Waals surface area contributed by atoms with E-state index in [0.717, 1.165) is 0 Å². The molecule has 1 unspecified atom stereocenters. The summed E-state index contributed by atoms with van der Waals surface area (Å²) in [5.74, 6) is -0.758. The first kappa shape index (κ1) is 13.9. The van der Waals surface area contributed by atoms with Gasteiger partial charge in [-0.3, -0.25) is 9.59 Å². The van der Waals surface area contributed by atoms with E-state index in [9.17, 15) is 9.59 Å². The second-order valence-corrected chi connectivity index (χ2v) is 4.60. The number of carbonyl (C=O) groups is 2. The van der Waals surface area contributed by atoms with Gasteiger partial charge in [-0.15, -0.1) is 0 Å². The van der Waals surface area contributed by atoms with E-state index < -0.39 is 12.2 Å². The van der Waals surface area contributed by atoms with Gasteiger partial charge in [-0.2, -0.15) is 11.8 Å². The molecule has 0 aliphatic carbocycles. The van der Waals surface area contributed by atoms with Crippen molar-refractivity contribution in [3.05, 3.63) is 12.3 Å². The van der Waals surface area contributed by atoms with Crippen LogP contribution >= 0.6 is 11.8 Å². The third-order valence-electron chi connectivity index (χ3n) is 2.24. The van der Waals surface area contributed by atoms with Gasteiger partial charge in [0.1, 0.15) is 6.61 Å². The van der Waals surface area contributed by atoms with Crippen molar-refractivity contribution in [1.29, 1.82) is 0 Å². The van der Waals surface area contributed by atoms with Crippen LogP contribution in [-0.4, -0.2) is 42.3 Å². The Balaban J connectivity index is 2.67. The number of thioether (sulfide) groups is 1. The fourth-order valence-electron chi connectivity index (χ4n) is 1.50. The Morgan fingerprint density at radius 1 is 1.35 bits per heavy atom. The molecule has 0 aromatic rings. The zero-order valence-electron chi connectivity index (χ0n) is 10.0. The summed E-state index contributed by atoms with van der Waals surface area (Å²) in [6.07, 6.45) is 4.40. The molecule has 1 heterocycles. The Kier molecular flexibility index (Phi) is 5.34. The number of esters is 2. The SMILES string of the molecule is CS[C@@H]1C=COC(COC(C)=O)[C@H]1OC(C)=O. The molecule has 17 heavy (non-hydrogen) atoms. The minimum Gasteiger partial charge on any atom is -0.491 e. The van der Waals surface area contributed by atoms with E-state index in [-0.39, 0.29) is 23.8 Å². The molecule has 0 bridgehead atoms. The van der Waals surface area contributed by atoms with Crippen LogP contribution in [0.3, 0.4) is 0 Å². The van der Waals surface area contributed by atoms with Crippen molar-refractivity contribution >= 4 is 23.7 Å². The molecule has 0 spiro atoms. The maximum absolute atomic E-state index is 11.0. The third kappa shape index (κ3) is 4.30. The van der Waals surface area contributed by atoms with Gasteiger partial charge in [-0.25, -0.2) is 0 Å². The van der Waals surface area contributed by atoms with E-state index in [2.05, 4.69) is 0 Å². The summed E-state index contributed by atoms with van der Waals surface area (Å²) in [6, 6.07) is 0. The van der Waals surface area contributed by atoms with E-state index in [4.69, 9.17) is 14.2 Å². The van der Waals surface area contributed by atoms with Crippen molar-refractivity contribution in [1.82, 2.24) is 0 Å². The molecule has 96 valence electrons. The molecule has 1 rings (SSSR count). The van der Waals surface area contributed by atoms with Crippen molar-refractivity contribution in [3.63, 3.8) is 0 Å². The zero-order valence-corrected chi connectivity index (χ0v) is 10.9. The second-order valence-electron chi connectivity index (χ2n) is 3.58. The molecule has 0 N–H and O–H groups in total. The Labute approximate surface area is 104 Å². The molecule has 0 amide bonds. The van der Waals surface area contributed by atoms with Crippen LogP contribution in [0.25, 0.3) is 0 Å². The predicted octanol–water partition coefficient (Wildman–Crippen LogP) is 1.13. The van der Waals surface area contributed by atoms with Gasteiger partial charge in [0.2, 0.25) is 0 Å². The van der Waals surface area contributed by atoms with Crippen molar-refractivity contribution < 1.29 is 23.8 Å². The minimum atomic E-state index is -0.453. The summed E-state index contributed by atoms with van der Waals surface area (Å²) in [4.78, 5) is 21.8. The van der Waals surface area contributed by atoms with Gasteiger partial charge in [0.15, 0.2) is 12.2 Å². The summed E-state index contributed by atoms with van der Waals surface area (Å²) in [6.45, 7) is 2.75. The Morgan fingerprint density at radius 3 is 2.59 bits per heavy atom. The Morgan fingerprint density at radius 2 is 2.06 bits per heavy atom. The van der Waals surface area contributed by atoms with E-state index in [1.807, 2.05) is 12.3 Å². The molecule has 6 heteroatoms. The lowest BCUT2D eigenvalue weighted by Gasteiger charge is -2.32. The summed E-state index contributed by atoms with van der Waals surface area (Å²) < 4.78 is 15.4. The zero-order chi connectivity index (χ0) is 12.8. The van der Waals surface area contributed by atoms with Crippen molar-refractivity contribution in [2.75, 3.05) is 12.9 Å². The quantitative estimate of drug-likeness (QED) is 0.706. The number of hydrogen-bond donors (Lipinski definition) is 0. The van der Waals surface area contributed by atoms with E-state index in [1.54, 1.807) is 18.0 Å². The molecule has 1 aliphatic heterocycles. The summed E-state index contributed by atoms with van der Waals surface area (Å²) in [5, 5.41) is 0.00760. The molecule has 0 aromatic carbocycles. The second kappa shape index (κ2) is 6.54. The average molecular weight is 260 g/mol. The van der Waals surface area contributed by atoms with E-state index >= 15 is 0 Å². The highest BCUT2D eigenvalue weighted by Gasteiger charge is 2.35. The summed E-state index contributed by atoms with van der Waals surface area (Å²) in [5.41, 5.74) is 0. The molecular weight excluding hydrogens is 244 g/mol. The van der Waals surface area contributed by atoms with Crippen molar-refractivity contribution in [2.45, 2.75) is 31.3 Å². The van der Waals surface area contributed by atoms with Crippen LogP contribution in [0, 0.1) is 0 Å². The summed E-state index contributed by atoms with van der Waals surface area (Å²) >= 11 is 1.55. The highest BCUT2D eigenvalue weighted by atomic mass is 32.2. The lowest BCUT2D eigenvalue weighted by Crippen LogP contribution is -2.44. The number of hydrogen-bond acceptors (Lipinski definition) is 6. The minimum absolute atomic E-state index is 0.00760. The van der Waals surface area contributed by atoms with Gasteiger partial charge in [-0.1, -0.05) is 0 Å². The van der Waals surface area contributed by atoms with Gasteiger partial charge < -0.3 is 14.2 Å². The van der Waals surface area contributed by atoms with E-state index in [1.165, 1.54) is 13.8 Å². The normalized spacial score (nSPS) is 27.1. The lowest BCUT2D eigenvalue weighted by molar-refractivity contribution is -0.159. The van der Waals surface area contributed by atoms with E-state index in [0.29, 0.717) is 0 Å². The first-order valence-corrected chi connectivity index (χ1v) is 6.49. The molecule has 1 aliphatic rings. The summed E-state index contributed by atoms with van der Waals surface area (Å²) in [7, 11) is 0. The number of ether oxygens (including phenoxy) is 3. The van der Waals surface area contributed by atoms with Crippen LogP contribution in [0.1, 0.15) is 13.8 Å². The van der Waals surface area contributed by atoms with Gasteiger partial charge in [0.25, 0.3) is 0 Å². The standard InChI is InChI=1S/C11H16O5S/c1-7(12)15-6-9-11(16-8(2)13)10(17-3)4-5-14-9/h4-5,9-11H,6H2,1-3H3/t9?,10-,11-/m1/s1. The molecule has 0 saturated carbocycles. The maximum atomic E-state index is 11.0. The smallest absolute Gasteiger partial charge is 0.303 e. The van der Waals surface area contributed by atoms with Gasteiger partial charge in [-0.05, 0) is 12.3 Å². The number of carbonyl (C=O) groups excluding carboxylic acids is 2. The van der Waals surface area contributed by atoms with Crippen LogP contribution in [-0.2, 0) is 23.8 Å². The Bertz CT molecular complexity index is 315. The maximum Gasteiger partial charge on any atom is 0.303 e. The van der Waals surface area contributed by atoms with Crippen LogP contribution in [0.15, 0.2) is 12.3 Å². The van der Waals surface area contributed by atoms with Crippen LogP contribution < -0.4 is 0 Å². The largest absolute Gasteiger partial charge is 0.491 e. The van der Waals surface area contributed by atoms with Crippen LogP contribution in [0.5, 0.6) is 0 Å². The topological polar surface area (TPSA) is 61.8 Å². The molecule has 3 atom stereocenters. The molecule has 0 radical (unpaired) electrons. The molecule has 0 fully saturated rings. The van der Waals surface area contributed by atoms with Gasteiger partial charge in [0, 0.05) is 13.8 Å². The van der Waals surface area contributed by atoms with Crippen LogP contribution in [0.2, 0.25) is 0 Å². The highest BCUT2D eigenvalue weighted by molar-refractivity contribution is 7.99. The first-order valence-electron chi connectivity index (χ1n) is 5.20. The lowest BCUT2D eigenvalue weighted by atomic mass is 10.1. The highest BCUT2D eigenvalue weighted by Crippen LogP contribution is 2.25. The first-order chi connectivity index (χ1) is 8.04. The fourth-order valence-corrected chi connectivity index (χ4v) is 2.22. The monoisotopic (exact) mass is 260 g/mol.